The molecule has 1 aromatic carbocycles. The Balaban J connectivity index is 1.02. The number of amides is 4. The van der Waals surface area contributed by atoms with E-state index >= 15 is 0 Å². The first-order chi connectivity index (χ1) is 23.9. The van der Waals surface area contributed by atoms with Gasteiger partial charge in [0.15, 0.2) is 0 Å². The van der Waals surface area contributed by atoms with Crippen LogP contribution in [0.3, 0.4) is 0 Å². The van der Waals surface area contributed by atoms with Crippen molar-refractivity contribution in [1.82, 2.24) is 24.5 Å². The van der Waals surface area contributed by atoms with E-state index in [1.807, 2.05) is 15.7 Å². The number of alkyl halides is 3. The number of phenols is 1. The number of likely N-dealkylation sites (tertiary alicyclic amines) is 1. The number of aromatic hydroxyl groups is 1. The molecule has 0 aliphatic carbocycles. The molecule has 0 radical (unpaired) electrons. The summed E-state index contributed by atoms with van der Waals surface area (Å²) in [4.78, 5) is 51.2. The Morgan fingerprint density at radius 3 is 2.34 bits per heavy atom. The minimum absolute atomic E-state index is 0.0310. The van der Waals surface area contributed by atoms with Crippen molar-refractivity contribution in [2.45, 2.75) is 63.2 Å². The zero-order chi connectivity index (χ0) is 35.2. The van der Waals surface area contributed by atoms with Crippen LogP contribution in [0.25, 0.3) is 0 Å². The Hall–Kier alpha value is -3.07. The number of hydrogen-bond donors (Lipinski definition) is 2. The van der Waals surface area contributed by atoms with Crippen molar-refractivity contribution in [1.29, 1.82) is 0 Å². The first kappa shape index (κ1) is 35.3. The van der Waals surface area contributed by atoms with Crippen LogP contribution in [-0.4, -0.2) is 125 Å². The molecule has 2 aromatic rings. The van der Waals surface area contributed by atoms with Crippen LogP contribution >= 0.6 is 22.9 Å². The van der Waals surface area contributed by atoms with E-state index in [-0.39, 0.29) is 42.3 Å². The lowest BCUT2D eigenvalue weighted by Crippen LogP contribution is -2.61. The number of piperidine rings is 4. The van der Waals surface area contributed by atoms with Crippen molar-refractivity contribution in [3.8, 4) is 5.75 Å². The highest BCUT2D eigenvalue weighted by molar-refractivity contribution is 7.08. The molecule has 7 heterocycles. The molecule has 0 saturated carbocycles. The first-order valence-electron chi connectivity index (χ1n) is 17.7. The molecule has 8 rings (SSSR count). The highest BCUT2D eigenvalue weighted by atomic mass is 35.5. The fourth-order valence-corrected chi connectivity index (χ4v) is 9.74. The minimum Gasteiger partial charge on any atom is -0.506 e. The number of fused-ring (bicyclic) bond motifs is 4. The molecule has 6 aliphatic heterocycles. The van der Waals surface area contributed by atoms with E-state index < -0.39 is 28.4 Å². The lowest BCUT2D eigenvalue weighted by molar-refractivity contribution is -0.143. The second kappa shape index (κ2) is 14.5. The van der Waals surface area contributed by atoms with E-state index in [1.165, 1.54) is 18.9 Å². The fourth-order valence-electron chi connectivity index (χ4n) is 8.67. The molecule has 4 amide bonds. The molecule has 15 heteroatoms. The van der Waals surface area contributed by atoms with E-state index in [2.05, 4.69) is 15.1 Å². The maximum absolute atomic E-state index is 14.1. The molecule has 6 aliphatic rings. The summed E-state index contributed by atoms with van der Waals surface area (Å²) in [5.41, 5.74) is 0.838. The second-order valence-corrected chi connectivity index (χ2v) is 15.6. The summed E-state index contributed by atoms with van der Waals surface area (Å²) in [6.07, 6.45) is -0.794. The highest BCUT2D eigenvalue weighted by Gasteiger charge is 2.41. The summed E-state index contributed by atoms with van der Waals surface area (Å²) >= 11 is 7.60. The Bertz CT molecular complexity index is 1580. The number of halogens is 4. The van der Waals surface area contributed by atoms with Gasteiger partial charge in [0.05, 0.1) is 22.2 Å². The minimum atomic E-state index is -4.84. The van der Waals surface area contributed by atoms with Crippen molar-refractivity contribution in [2.75, 3.05) is 70.8 Å². The fraction of sp³-hybridized carbons (Fsp3) is 0.629. The number of rotatable bonds is 7. The Kier molecular flexibility index (Phi) is 10.3. The van der Waals surface area contributed by atoms with Gasteiger partial charge in [-0.2, -0.15) is 13.2 Å². The molecule has 2 atom stereocenters. The number of carbonyl (C=O) groups is 3. The van der Waals surface area contributed by atoms with Crippen LogP contribution in [0.5, 0.6) is 5.75 Å². The van der Waals surface area contributed by atoms with Crippen LogP contribution in [0.4, 0.5) is 23.7 Å². The van der Waals surface area contributed by atoms with Crippen LogP contribution in [0.1, 0.15) is 48.8 Å². The van der Waals surface area contributed by atoms with Gasteiger partial charge in [-0.25, -0.2) is 4.79 Å². The van der Waals surface area contributed by atoms with Crippen molar-refractivity contribution in [2.24, 2.45) is 11.8 Å². The summed E-state index contributed by atoms with van der Waals surface area (Å²) < 4.78 is 41.3. The van der Waals surface area contributed by atoms with Gasteiger partial charge >= 0.3 is 12.2 Å². The van der Waals surface area contributed by atoms with Crippen LogP contribution in [0, 0.1) is 11.8 Å². The number of urea groups is 1. The smallest absolute Gasteiger partial charge is 0.420 e. The quantitative estimate of drug-likeness (QED) is 0.416. The molecule has 10 nitrogen and oxygen atoms in total. The second-order valence-electron chi connectivity index (χ2n) is 14.4. The monoisotopic (exact) mass is 736 g/mol. The summed E-state index contributed by atoms with van der Waals surface area (Å²) in [6, 6.07) is 2.38. The number of thiophene rings is 1. The first-order valence-corrected chi connectivity index (χ1v) is 19.0. The molecule has 50 heavy (non-hydrogen) atoms. The Morgan fingerprint density at radius 1 is 0.960 bits per heavy atom. The van der Waals surface area contributed by atoms with Crippen LogP contribution in [0.2, 0.25) is 5.02 Å². The van der Waals surface area contributed by atoms with Gasteiger partial charge in [-0.1, -0.05) is 11.6 Å². The molecule has 272 valence electrons. The third kappa shape index (κ3) is 7.44. The van der Waals surface area contributed by atoms with Crippen molar-refractivity contribution in [3.05, 3.63) is 44.6 Å². The van der Waals surface area contributed by atoms with E-state index in [9.17, 15) is 32.7 Å². The number of hydrogen-bond acceptors (Lipinski definition) is 7. The van der Waals surface area contributed by atoms with Gasteiger partial charge in [0, 0.05) is 76.2 Å². The highest BCUT2D eigenvalue weighted by Crippen LogP contribution is 2.41. The third-order valence-corrected chi connectivity index (χ3v) is 12.6. The number of anilines is 1. The molecule has 0 spiro atoms. The molecule has 1 aromatic heterocycles. The third-order valence-electron chi connectivity index (χ3n) is 11.5. The number of phenolic OH excluding ortho intramolecular Hbond substituents is 1. The zero-order valence-corrected chi connectivity index (χ0v) is 29.5. The number of carbonyl (C=O) groups excluding carboxylic acids is 3. The van der Waals surface area contributed by atoms with Gasteiger partial charge in [-0.15, -0.1) is 11.3 Å². The molecule has 5 saturated heterocycles. The predicted octanol–water partition coefficient (Wildman–Crippen LogP) is 4.99. The van der Waals surface area contributed by atoms with Gasteiger partial charge in [-0.05, 0) is 86.2 Å². The summed E-state index contributed by atoms with van der Waals surface area (Å²) in [6.45, 7) is 7.18. The largest absolute Gasteiger partial charge is 0.506 e. The van der Waals surface area contributed by atoms with Gasteiger partial charge in [0.1, 0.15) is 5.75 Å². The van der Waals surface area contributed by atoms with Gasteiger partial charge in [-0.3, -0.25) is 14.5 Å². The number of nitrogens with one attached hydrogen (secondary N) is 1. The van der Waals surface area contributed by atoms with Crippen LogP contribution < -0.4 is 5.32 Å². The van der Waals surface area contributed by atoms with E-state index in [4.69, 9.17) is 11.6 Å². The average molecular weight is 737 g/mol. The standard InChI is InChI=1S/C35H44ClF3N6O4S/c36-28-17-22(16-27(32(28)47)35(37,38)39)15-25(33(48)44-13-11-42(12-14-44)30-19-41-6-1-23(30)2-7-41)18-31(46)43-8-4-26(5-9-43)45-10-3-24-20-50-21-29(24)40-34(45)49/h16-17,20-21,23,25-26,30,47H,1-15,18-19H2,(H,40,49)/t25-,30?/m0/s1. The van der Waals surface area contributed by atoms with Crippen LogP contribution in [0.15, 0.2) is 22.9 Å². The van der Waals surface area contributed by atoms with E-state index in [0.29, 0.717) is 57.5 Å². The number of benzene rings is 1. The lowest BCUT2D eigenvalue weighted by atomic mass is 9.83. The molecule has 2 bridgehead atoms. The topological polar surface area (TPSA) is 99.7 Å². The summed E-state index contributed by atoms with van der Waals surface area (Å²) in [5, 5.41) is 16.6. The van der Waals surface area contributed by atoms with E-state index in [1.54, 1.807) is 21.1 Å². The Morgan fingerprint density at radius 2 is 1.68 bits per heavy atom. The number of nitrogens with zero attached hydrogens (tertiary/aromatic N) is 5. The maximum atomic E-state index is 14.1. The van der Waals surface area contributed by atoms with Crippen LogP contribution in [-0.2, 0) is 28.6 Å². The Labute approximate surface area is 299 Å². The normalized spacial score (nSPS) is 25.6. The van der Waals surface area contributed by atoms with Crippen molar-refractivity contribution < 1.29 is 32.7 Å². The lowest BCUT2D eigenvalue weighted by Gasteiger charge is -2.51. The zero-order valence-electron chi connectivity index (χ0n) is 28.0. The van der Waals surface area contributed by atoms with Crippen molar-refractivity contribution in [3.63, 3.8) is 0 Å². The summed E-state index contributed by atoms with van der Waals surface area (Å²) in [7, 11) is 0. The molecule has 5 fully saturated rings. The molecular weight excluding hydrogens is 693 g/mol. The summed E-state index contributed by atoms with van der Waals surface area (Å²) in [5.74, 6) is -1.78. The SMILES string of the molecule is O=C(C[C@H](Cc1cc(Cl)c(O)c(C(F)(F)F)c1)C(=O)N1CCN(C2CN3CCC2CC3)CC1)N1CCC(N2CCc3cscc3NC2=O)CC1. The average Bonchev–Trinajstić information content (AvgIpc) is 3.49. The number of piperazine rings is 1. The van der Waals surface area contributed by atoms with E-state index in [0.717, 1.165) is 56.5 Å². The van der Waals surface area contributed by atoms with Crippen molar-refractivity contribution >= 4 is 46.5 Å². The van der Waals surface area contributed by atoms with Gasteiger partial charge in [0.2, 0.25) is 11.8 Å². The molecule has 2 N–H and O–H groups in total. The molecular formula is C35H44ClF3N6O4S. The van der Waals surface area contributed by atoms with Gasteiger partial charge in [0.25, 0.3) is 0 Å². The van der Waals surface area contributed by atoms with Gasteiger partial charge < -0.3 is 30.0 Å². The predicted molar refractivity (Wildman–Crippen MR) is 184 cm³/mol. The maximum Gasteiger partial charge on any atom is 0.420 e. The molecule has 1 unspecified atom stereocenters.